The van der Waals surface area contributed by atoms with E-state index in [1.54, 1.807) is 0 Å². The average Bonchev–Trinajstić information content (AvgIpc) is 2.67. The molecule has 144 valence electrons. The molecular weight excluding hydrogens is 355 g/mol. The van der Waals surface area contributed by atoms with Gasteiger partial charge in [-0.25, -0.2) is 4.98 Å². The number of hydrogen-bond acceptors (Lipinski definition) is 2. The number of carbonyl (C=O) groups is 1. The van der Waals surface area contributed by atoms with Gasteiger partial charge in [0.15, 0.2) is 0 Å². The van der Waals surface area contributed by atoms with Gasteiger partial charge in [-0.05, 0) is 37.0 Å². The third kappa shape index (κ3) is 4.78. The lowest BCUT2D eigenvalue weighted by molar-refractivity contribution is -0.367. The highest BCUT2D eigenvalue weighted by molar-refractivity contribution is 5.79. The molecule has 4 nitrogen and oxygen atoms in total. The Kier molecular flexibility index (Phi) is 5.68. The van der Waals surface area contributed by atoms with Gasteiger partial charge in [-0.15, -0.1) is 0 Å². The summed E-state index contributed by atoms with van der Waals surface area (Å²) in [5.41, 5.74) is 1.55. The van der Waals surface area contributed by atoms with Crippen molar-refractivity contribution < 1.29 is 22.9 Å². The first-order chi connectivity index (χ1) is 12.8. The average molecular weight is 378 g/mol. The van der Waals surface area contributed by atoms with Crippen LogP contribution in [0.4, 0.5) is 19.0 Å². The smallest absolute Gasteiger partial charge is 0.352 e. The minimum Gasteiger partial charge on any atom is -0.352 e. The normalized spacial score (nSPS) is 15.6. The molecule has 7 heteroatoms. The number of hydrogen-bond donors (Lipinski definition) is 1. The molecule has 1 aromatic carbocycles. The van der Waals surface area contributed by atoms with Crippen LogP contribution in [0.1, 0.15) is 29.5 Å². The number of aryl methyl sites for hydroxylation is 1. The predicted octanol–water partition coefficient (Wildman–Crippen LogP) is 3.36. The van der Waals surface area contributed by atoms with Gasteiger partial charge >= 0.3 is 6.18 Å². The van der Waals surface area contributed by atoms with Crippen molar-refractivity contribution >= 4 is 11.7 Å². The number of H-pyrrole nitrogens is 1. The second-order valence-electron chi connectivity index (χ2n) is 6.87. The van der Waals surface area contributed by atoms with Gasteiger partial charge in [0.1, 0.15) is 6.20 Å². The third-order valence-corrected chi connectivity index (χ3v) is 5.04. The molecule has 1 aliphatic rings. The Balaban J connectivity index is 1.51. The first kappa shape index (κ1) is 19.2. The highest BCUT2D eigenvalue weighted by atomic mass is 19.4. The van der Waals surface area contributed by atoms with Crippen LogP contribution in [0.15, 0.2) is 42.6 Å². The van der Waals surface area contributed by atoms with Crippen LogP contribution < -0.4 is 15.2 Å². The van der Waals surface area contributed by atoms with Crippen LogP contribution in [0.25, 0.3) is 0 Å². The number of alkyl halides is 3. The fourth-order valence-corrected chi connectivity index (χ4v) is 3.31. The standard InChI is InChI=1S/C20H22F3N3O/c1-14-4-2-3-5-16(14)12-25-19(27)15-8-10-26(11-9-15)18-7-6-17(13-24-18)20(21,22)23/h2-7,13,15H,8-12H2,1H3,(H,25,27)/p+1. The Hall–Kier alpha value is -2.57. The molecule has 1 amide bonds. The van der Waals surface area contributed by atoms with E-state index >= 15 is 0 Å². The first-order valence-corrected chi connectivity index (χ1v) is 9.00. The summed E-state index contributed by atoms with van der Waals surface area (Å²) < 4.78 is 37.9. The van der Waals surface area contributed by atoms with Crippen molar-refractivity contribution in [1.82, 2.24) is 5.32 Å². The van der Waals surface area contributed by atoms with Crippen molar-refractivity contribution in [2.75, 3.05) is 18.0 Å². The third-order valence-electron chi connectivity index (χ3n) is 5.04. The zero-order valence-electron chi connectivity index (χ0n) is 15.1. The van der Waals surface area contributed by atoms with E-state index in [-0.39, 0.29) is 11.8 Å². The molecule has 1 aliphatic heterocycles. The summed E-state index contributed by atoms with van der Waals surface area (Å²) in [6.45, 7) is 3.79. The molecule has 3 rings (SSSR count). The van der Waals surface area contributed by atoms with Crippen molar-refractivity contribution in [3.63, 3.8) is 0 Å². The maximum atomic E-state index is 12.6. The van der Waals surface area contributed by atoms with Gasteiger partial charge in [0.05, 0.1) is 18.7 Å². The maximum Gasteiger partial charge on any atom is 0.419 e. The van der Waals surface area contributed by atoms with E-state index in [2.05, 4.69) is 10.3 Å². The van der Waals surface area contributed by atoms with E-state index in [9.17, 15) is 18.0 Å². The van der Waals surface area contributed by atoms with Crippen molar-refractivity contribution in [1.29, 1.82) is 0 Å². The van der Waals surface area contributed by atoms with Gasteiger partial charge in [-0.3, -0.25) is 9.69 Å². The second-order valence-corrected chi connectivity index (χ2v) is 6.87. The number of piperidine rings is 1. The second kappa shape index (κ2) is 7.98. The Morgan fingerprint density at radius 2 is 1.89 bits per heavy atom. The molecule has 0 atom stereocenters. The molecule has 1 saturated heterocycles. The van der Waals surface area contributed by atoms with Gasteiger partial charge < -0.3 is 5.32 Å². The van der Waals surface area contributed by atoms with Crippen molar-refractivity contribution in [2.45, 2.75) is 32.5 Å². The number of nitrogens with one attached hydrogen (secondary N) is 2. The summed E-state index contributed by atoms with van der Waals surface area (Å²) >= 11 is 0. The molecule has 0 bridgehead atoms. The summed E-state index contributed by atoms with van der Waals surface area (Å²) in [6.07, 6.45) is -2.02. The molecule has 0 saturated carbocycles. The van der Waals surface area contributed by atoms with Crippen LogP contribution >= 0.6 is 0 Å². The number of anilines is 1. The van der Waals surface area contributed by atoms with Crippen molar-refractivity contribution in [3.8, 4) is 0 Å². The fourth-order valence-electron chi connectivity index (χ4n) is 3.31. The number of pyridine rings is 1. The number of nitrogens with zero attached hydrogens (tertiary/aromatic N) is 1. The van der Waals surface area contributed by atoms with Crippen LogP contribution in [-0.4, -0.2) is 19.0 Å². The Labute approximate surface area is 156 Å². The van der Waals surface area contributed by atoms with Gasteiger partial charge in [0, 0.05) is 18.5 Å². The first-order valence-electron chi connectivity index (χ1n) is 9.00. The van der Waals surface area contributed by atoms with Gasteiger partial charge in [0.2, 0.25) is 5.91 Å². The summed E-state index contributed by atoms with van der Waals surface area (Å²) in [6, 6.07) is 10.5. The van der Waals surface area contributed by atoms with Crippen LogP contribution in [0, 0.1) is 12.8 Å². The highest BCUT2D eigenvalue weighted by Gasteiger charge is 2.33. The summed E-state index contributed by atoms with van der Waals surface area (Å²) in [5.74, 6) is 0.607. The summed E-state index contributed by atoms with van der Waals surface area (Å²) in [7, 11) is 0. The van der Waals surface area contributed by atoms with Gasteiger partial charge in [0.25, 0.3) is 5.82 Å². The number of aromatic nitrogens is 1. The van der Waals surface area contributed by atoms with E-state index < -0.39 is 11.7 Å². The van der Waals surface area contributed by atoms with E-state index in [1.165, 1.54) is 6.07 Å². The molecule has 2 aromatic rings. The zero-order chi connectivity index (χ0) is 19.4. The Morgan fingerprint density at radius 3 is 2.48 bits per heavy atom. The Bertz CT molecular complexity index is 782. The lowest BCUT2D eigenvalue weighted by Gasteiger charge is -2.27. The number of aromatic amines is 1. The number of rotatable bonds is 4. The fraction of sp³-hybridized carbons (Fsp3) is 0.400. The molecule has 27 heavy (non-hydrogen) atoms. The molecule has 2 N–H and O–H groups in total. The molecule has 0 aliphatic carbocycles. The lowest BCUT2D eigenvalue weighted by atomic mass is 9.95. The van der Waals surface area contributed by atoms with Crippen molar-refractivity contribution in [2.24, 2.45) is 5.92 Å². The summed E-state index contributed by atoms with van der Waals surface area (Å²) in [4.78, 5) is 17.1. The van der Waals surface area contributed by atoms with Gasteiger partial charge in [-0.2, -0.15) is 13.2 Å². The zero-order valence-corrected chi connectivity index (χ0v) is 15.1. The lowest BCUT2D eigenvalue weighted by Crippen LogP contribution is -2.42. The SMILES string of the molecule is Cc1ccccc1CNC(=O)C1CCN(c2ccc(C(F)(F)F)c[nH+]2)CC1. The summed E-state index contributed by atoms with van der Waals surface area (Å²) in [5, 5.41) is 3.00. The number of amides is 1. The molecule has 2 heterocycles. The van der Waals surface area contributed by atoms with Crippen LogP contribution in [0.3, 0.4) is 0 Å². The van der Waals surface area contributed by atoms with E-state index in [4.69, 9.17) is 0 Å². The minimum atomic E-state index is -4.35. The maximum absolute atomic E-state index is 12.6. The van der Waals surface area contributed by atoms with E-state index in [0.29, 0.717) is 38.3 Å². The monoisotopic (exact) mass is 378 g/mol. The molecule has 0 unspecified atom stereocenters. The van der Waals surface area contributed by atoms with Crippen molar-refractivity contribution in [3.05, 3.63) is 59.3 Å². The number of carbonyl (C=O) groups excluding carboxylic acids is 1. The topological polar surface area (TPSA) is 46.5 Å². The molecule has 1 aromatic heterocycles. The quantitative estimate of drug-likeness (QED) is 0.887. The Morgan fingerprint density at radius 1 is 1.19 bits per heavy atom. The van der Waals surface area contributed by atoms with Gasteiger partial charge in [-0.1, -0.05) is 24.3 Å². The highest BCUT2D eigenvalue weighted by Crippen LogP contribution is 2.29. The largest absolute Gasteiger partial charge is 0.419 e. The number of benzene rings is 1. The molecule has 0 spiro atoms. The van der Waals surface area contributed by atoms with Crippen LogP contribution in [0.5, 0.6) is 0 Å². The van der Waals surface area contributed by atoms with Crippen LogP contribution in [0.2, 0.25) is 0 Å². The molecule has 0 radical (unpaired) electrons. The van der Waals surface area contributed by atoms with E-state index in [1.807, 2.05) is 36.1 Å². The molecular formula is C20H23F3N3O+. The van der Waals surface area contributed by atoms with Crippen LogP contribution in [-0.2, 0) is 17.5 Å². The predicted molar refractivity (Wildman–Crippen MR) is 96.0 cm³/mol. The van der Waals surface area contributed by atoms with E-state index in [0.717, 1.165) is 23.4 Å². The number of halogens is 3. The minimum absolute atomic E-state index is 0.0364. The molecule has 1 fully saturated rings.